The van der Waals surface area contributed by atoms with Crippen molar-refractivity contribution in [2.24, 2.45) is 0 Å². The Morgan fingerprint density at radius 2 is 1.93 bits per heavy atom. The van der Waals surface area contributed by atoms with Crippen molar-refractivity contribution >= 4 is 33.3 Å². The molecular formula is C21H19N5O2S. The van der Waals surface area contributed by atoms with Crippen LogP contribution in [0.25, 0.3) is 10.9 Å². The standard InChI is InChI=1S/C21H19N5O2S/c1-14-6-2-3-7-15(14)12-16-13-22-21(29-16)23-19(27)10-11-26-20(28)17-8-4-5-9-18(17)24-25-26/h2-9,13H,10-12H2,1H3,(H,22,23,27). The number of aromatic nitrogens is 4. The van der Waals surface area contributed by atoms with Gasteiger partial charge in [-0.3, -0.25) is 9.59 Å². The summed E-state index contributed by atoms with van der Waals surface area (Å²) in [4.78, 5) is 30.1. The van der Waals surface area contributed by atoms with E-state index in [1.165, 1.54) is 27.1 Å². The maximum atomic E-state index is 12.4. The second-order valence-corrected chi connectivity index (χ2v) is 7.78. The molecule has 0 spiro atoms. The number of rotatable bonds is 6. The van der Waals surface area contributed by atoms with Crippen LogP contribution in [0.1, 0.15) is 22.4 Å². The number of thiazole rings is 1. The number of anilines is 1. The summed E-state index contributed by atoms with van der Waals surface area (Å²) < 4.78 is 1.22. The van der Waals surface area contributed by atoms with Gasteiger partial charge in [0.25, 0.3) is 5.56 Å². The molecule has 1 amide bonds. The lowest BCUT2D eigenvalue weighted by Crippen LogP contribution is -2.26. The first-order valence-corrected chi connectivity index (χ1v) is 10.0. The molecule has 1 N–H and O–H groups in total. The number of carbonyl (C=O) groups is 1. The van der Waals surface area contributed by atoms with Crippen LogP contribution in [-0.2, 0) is 17.8 Å². The Kier molecular flexibility index (Phi) is 5.44. The van der Waals surface area contributed by atoms with E-state index in [1.807, 2.05) is 12.1 Å². The van der Waals surface area contributed by atoms with Crippen molar-refractivity contribution in [1.29, 1.82) is 0 Å². The summed E-state index contributed by atoms with van der Waals surface area (Å²) in [6, 6.07) is 15.2. The largest absolute Gasteiger partial charge is 0.302 e. The molecule has 2 heterocycles. The highest BCUT2D eigenvalue weighted by atomic mass is 32.1. The van der Waals surface area contributed by atoms with E-state index in [0.29, 0.717) is 16.0 Å². The number of aryl methyl sites for hydroxylation is 2. The van der Waals surface area contributed by atoms with E-state index >= 15 is 0 Å². The zero-order chi connectivity index (χ0) is 20.2. The van der Waals surface area contributed by atoms with Gasteiger partial charge in [0.1, 0.15) is 5.52 Å². The minimum atomic E-state index is -0.252. The third-order valence-electron chi connectivity index (χ3n) is 4.61. The second kappa shape index (κ2) is 8.32. The number of hydrogen-bond donors (Lipinski definition) is 1. The average molecular weight is 405 g/mol. The Bertz CT molecular complexity index is 1230. The van der Waals surface area contributed by atoms with Crippen molar-refractivity contribution in [3.05, 3.63) is 81.1 Å². The predicted molar refractivity (Wildman–Crippen MR) is 113 cm³/mol. The Hall–Kier alpha value is -3.39. The van der Waals surface area contributed by atoms with Gasteiger partial charge in [0.2, 0.25) is 5.91 Å². The van der Waals surface area contributed by atoms with Crippen molar-refractivity contribution in [2.75, 3.05) is 5.32 Å². The van der Waals surface area contributed by atoms with Gasteiger partial charge >= 0.3 is 0 Å². The van der Waals surface area contributed by atoms with E-state index in [4.69, 9.17) is 0 Å². The van der Waals surface area contributed by atoms with Gasteiger partial charge in [0, 0.05) is 23.9 Å². The molecule has 0 radical (unpaired) electrons. The van der Waals surface area contributed by atoms with E-state index in [1.54, 1.807) is 30.5 Å². The summed E-state index contributed by atoms with van der Waals surface area (Å²) in [5.41, 5.74) is 2.76. The molecular weight excluding hydrogens is 386 g/mol. The summed E-state index contributed by atoms with van der Waals surface area (Å²) in [6.07, 6.45) is 2.67. The fourth-order valence-corrected chi connectivity index (χ4v) is 3.85. The summed E-state index contributed by atoms with van der Waals surface area (Å²) in [5.74, 6) is -0.219. The molecule has 7 nitrogen and oxygen atoms in total. The number of benzene rings is 2. The molecule has 146 valence electrons. The highest BCUT2D eigenvalue weighted by molar-refractivity contribution is 7.15. The van der Waals surface area contributed by atoms with E-state index in [-0.39, 0.29) is 24.4 Å². The number of nitrogens with zero attached hydrogens (tertiary/aromatic N) is 4. The fraction of sp³-hybridized carbons (Fsp3) is 0.190. The number of carbonyl (C=O) groups excluding carboxylic acids is 1. The van der Waals surface area contributed by atoms with Crippen LogP contribution >= 0.6 is 11.3 Å². The molecule has 0 fully saturated rings. The van der Waals surface area contributed by atoms with Gasteiger partial charge in [-0.05, 0) is 30.2 Å². The molecule has 0 saturated heterocycles. The lowest BCUT2D eigenvalue weighted by Gasteiger charge is -2.05. The summed E-state index contributed by atoms with van der Waals surface area (Å²) >= 11 is 1.45. The van der Waals surface area contributed by atoms with E-state index in [2.05, 4.69) is 39.7 Å². The molecule has 29 heavy (non-hydrogen) atoms. The SMILES string of the molecule is Cc1ccccc1Cc1cnc(NC(=O)CCn2nnc3ccccc3c2=O)s1. The highest BCUT2D eigenvalue weighted by Gasteiger charge is 2.10. The smallest absolute Gasteiger partial charge is 0.277 e. The first kappa shape index (κ1) is 18.9. The normalized spacial score (nSPS) is 10.9. The molecule has 8 heteroatoms. The van der Waals surface area contributed by atoms with E-state index in [9.17, 15) is 9.59 Å². The molecule has 0 aliphatic heterocycles. The van der Waals surface area contributed by atoms with Crippen LogP contribution in [-0.4, -0.2) is 25.9 Å². The molecule has 0 atom stereocenters. The predicted octanol–water partition coefficient (Wildman–Crippen LogP) is 3.18. The molecule has 0 aliphatic carbocycles. The number of fused-ring (bicyclic) bond motifs is 1. The van der Waals surface area contributed by atoms with Gasteiger partial charge in [-0.25, -0.2) is 9.67 Å². The number of nitrogens with one attached hydrogen (secondary N) is 1. The molecule has 0 bridgehead atoms. The lowest BCUT2D eigenvalue weighted by atomic mass is 10.1. The topological polar surface area (TPSA) is 89.8 Å². The van der Waals surface area contributed by atoms with Crippen molar-refractivity contribution < 1.29 is 4.79 Å². The zero-order valence-corrected chi connectivity index (χ0v) is 16.6. The number of amides is 1. The summed E-state index contributed by atoms with van der Waals surface area (Å²) in [7, 11) is 0. The monoisotopic (exact) mass is 405 g/mol. The first-order valence-electron chi connectivity index (χ1n) is 9.22. The lowest BCUT2D eigenvalue weighted by molar-refractivity contribution is -0.116. The second-order valence-electron chi connectivity index (χ2n) is 6.67. The van der Waals surface area contributed by atoms with Crippen molar-refractivity contribution in [3.8, 4) is 0 Å². The van der Waals surface area contributed by atoms with Crippen molar-refractivity contribution in [1.82, 2.24) is 20.0 Å². The Balaban J connectivity index is 1.37. The van der Waals surface area contributed by atoms with Gasteiger partial charge in [-0.15, -0.1) is 16.4 Å². The van der Waals surface area contributed by atoms with Crippen LogP contribution in [0, 0.1) is 6.92 Å². The van der Waals surface area contributed by atoms with Crippen LogP contribution < -0.4 is 10.9 Å². The van der Waals surface area contributed by atoms with Crippen LogP contribution in [0.15, 0.2) is 59.5 Å². The third-order valence-corrected chi connectivity index (χ3v) is 5.52. The zero-order valence-electron chi connectivity index (χ0n) is 15.8. The van der Waals surface area contributed by atoms with E-state index < -0.39 is 0 Å². The Morgan fingerprint density at radius 3 is 2.79 bits per heavy atom. The van der Waals surface area contributed by atoms with Crippen molar-refractivity contribution in [2.45, 2.75) is 26.3 Å². The molecule has 2 aromatic heterocycles. The van der Waals surface area contributed by atoms with Crippen LogP contribution in [0.5, 0.6) is 0 Å². The molecule has 4 rings (SSSR count). The van der Waals surface area contributed by atoms with Crippen LogP contribution in [0.4, 0.5) is 5.13 Å². The van der Waals surface area contributed by atoms with E-state index in [0.717, 1.165) is 11.3 Å². The van der Waals surface area contributed by atoms with Gasteiger partial charge in [-0.1, -0.05) is 41.6 Å². The quantitative estimate of drug-likeness (QED) is 0.532. The first-order chi connectivity index (χ1) is 14.1. The Labute approximate surface area is 171 Å². The highest BCUT2D eigenvalue weighted by Crippen LogP contribution is 2.22. The van der Waals surface area contributed by atoms with Gasteiger partial charge in [0.15, 0.2) is 5.13 Å². The molecule has 0 aliphatic rings. The summed E-state index contributed by atoms with van der Waals surface area (Å²) in [6.45, 7) is 2.24. The third kappa shape index (κ3) is 4.38. The van der Waals surface area contributed by atoms with Crippen molar-refractivity contribution in [3.63, 3.8) is 0 Å². The maximum Gasteiger partial charge on any atom is 0.277 e. The van der Waals surface area contributed by atoms with Crippen LogP contribution in [0.3, 0.4) is 0 Å². The van der Waals surface area contributed by atoms with Gasteiger partial charge in [-0.2, -0.15) is 0 Å². The van der Waals surface area contributed by atoms with Crippen LogP contribution in [0.2, 0.25) is 0 Å². The molecule has 0 unspecified atom stereocenters. The number of hydrogen-bond acceptors (Lipinski definition) is 6. The molecule has 0 saturated carbocycles. The van der Waals surface area contributed by atoms with Gasteiger partial charge in [0.05, 0.1) is 11.9 Å². The van der Waals surface area contributed by atoms with Gasteiger partial charge < -0.3 is 5.32 Å². The Morgan fingerprint density at radius 1 is 1.14 bits per heavy atom. The minimum absolute atomic E-state index is 0.111. The maximum absolute atomic E-state index is 12.4. The summed E-state index contributed by atoms with van der Waals surface area (Å²) in [5, 5.41) is 11.8. The molecule has 2 aromatic carbocycles. The molecule has 4 aromatic rings. The minimum Gasteiger partial charge on any atom is -0.302 e. The average Bonchev–Trinajstić information content (AvgIpc) is 3.16. The fourth-order valence-electron chi connectivity index (χ4n) is 3.00.